The number of unbranched alkanes of at least 4 members (excludes halogenated alkanes) is 3. The molecule has 0 radical (unpaired) electrons. The van der Waals surface area contributed by atoms with Crippen LogP contribution in [0.25, 0.3) is 0 Å². The van der Waals surface area contributed by atoms with Crippen molar-refractivity contribution in [1.29, 1.82) is 0 Å². The summed E-state index contributed by atoms with van der Waals surface area (Å²) in [7, 11) is 3.87. The molecular formula is C37H75NO16Si2. The van der Waals surface area contributed by atoms with Gasteiger partial charge in [0.15, 0.2) is 6.10 Å². The average Bonchev–Trinajstić information content (AvgIpc) is 3.22. The highest BCUT2D eigenvalue weighted by Gasteiger charge is 2.38. The second-order valence-corrected chi connectivity index (χ2v) is 19.4. The molecular weight excluding hydrogens is 771 g/mol. The standard InChI is InChI=1S/C19H38O8Si.C18H37NO8Si/c1-6-8-11-16(7-2)14-27-19(22)17(20)15-26-18(21)12-9-10-13-28(23-3,24-4)25-5;1-6-8-10-15(7-2)14-26-17(21)16(13-20)27-18(22)19-11-9-12-28(23-3,24-4)25-5/h16-17,20H,6-15H2,1-5H3;15-16,20H,6-14H2,1-5H3,(H,19,22). The molecule has 0 aromatic rings. The Morgan fingerprint density at radius 2 is 1.07 bits per heavy atom. The van der Waals surface area contributed by atoms with Gasteiger partial charge in [0, 0.05) is 67.7 Å². The lowest BCUT2D eigenvalue weighted by molar-refractivity contribution is -0.162. The van der Waals surface area contributed by atoms with Crippen LogP contribution in [-0.2, 0) is 59.9 Å². The number of rotatable bonds is 33. The number of carbonyl (C=O) groups is 4. The van der Waals surface area contributed by atoms with Gasteiger partial charge in [0.05, 0.1) is 19.8 Å². The largest absolute Gasteiger partial charge is 0.500 e. The van der Waals surface area contributed by atoms with Crippen molar-refractivity contribution in [2.75, 3.05) is 75.6 Å². The van der Waals surface area contributed by atoms with E-state index in [4.69, 9.17) is 45.5 Å². The molecule has 0 spiro atoms. The van der Waals surface area contributed by atoms with Gasteiger partial charge in [-0.15, -0.1) is 0 Å². The molecule has 4 unspecified atom stereocenters. The third-order valence-electron chi connectivity index (χ3n) is 9.27. The summed E-state index contributed by atoms with van der Waals surface area (Å²) < 4.78 is 52.1. The van der Waals surface area contributed by atoms with Gasteiger partial charge >= 0.3 is 41.6 Å². The Hall–Kier alpha value is -2.21. The minimum atomic E-state index is -2.69. The third kappa shape index (κ3) is 25.2. The molecule has 0 fully saturated rings. The Kier molecular flexibility index (Phi) is 34.7. The maximum Gasteiger partial charge on any atom is 0.500 e. The molecule has 0 heterocycles. The lowest BCUT2D eigenvalue weighted by Crippen LogP contribution is -2.43. The Balaban J connectivity index is 0. The van der Waals surface area contributed by atoms with Crippen LogP contribution in [0.1, 0.15) is 105 Å². The Morgan fingerprint density at radius 1 is 0.607 bits per heavy atom. The number of esters is 3. The van der Waals surface area contributed by atoms with Gasteiger partial charge in [-0.3, -0.25) is 4.79 Å². The highest BCUT2D eigenvalue weighted by molar-refractivity contribution is 6.60. The Morgan fingerprint density at radius 3 is 1.50 bits per heavy atom. The van der Waals surface area contributed by atoms with Crippen LogP contribution in [0.4, 0.5) is 4.79 Å². The van der Waals surface area contributed by atoms with E-state index < -0.39 is 67.0 Å². The SMILES string of the molecule is CCCCC(CC)COC(=O)C(CO)OC(=O)NCCC[Si](OC)(OC)OC.CCCCC(CC)COC(=O)C(O)COC(=O)CCCC[Si](OC)(OC)OC. The van der Waals surface area contributed by atoms with E-state index in [0.717, 1.165) is 51.4 Å². The number of nitrogens with one attached hydrogen (secondary N) is 1. The molecule has 56 heavy (non-hydrogen) atoms. The fourth-order valence-corrected chi connectivity index (χ4v) is 8.76. The number of alkyl carbamates (subject to hydrolysis) is 1. The second-order valence-electron chi connectivity index (χ2n) is 13.2. The molecule has 332 valence electrons. The number of hydrogen-bond donors (Lipinski definition) is 3. The minimum absolute atomic E-state index is 0.179. The van der Waals surface area contributed by atoms with Gasteiger partial charge in [-0.1, -0.05) is 66.2 Å². The molecule has 17 nitrogen and oxygen atoms in total. The first-order valence-electron chi connectivity index (χ1n) is 19.8. The predicted octanol–water partition coefficient (Wildman–Crippen LogP) is 4.80. The van der Waals surface area contributed by atoms with Gasteiger partial charge in [0.1, 0.15) is 6.61 Å². The van der Waals surface area contributed by atoms with Crippen LogP contribution >= 0.6 is 0 Å². The summed E-state index contributed by atoms with van der Waals surface area (Å²) in [6.45, 7) is 8.10. The highest BCUT2D eigenvalue weighted by atomic mass is 28.4. The number of carbonyl (C=O) groups excluding carboxylic acids is 4. The Bertz CT molecular complexity index is 1000. The summed E-state index contributed by atoms with van der Waals surface area (Å²) in [5, 5.41) is 21.7. The van der Waals surface area contributed by atoms with E-state index in [1.165, 1.54) is 21.3 Å². The molecule has 0 aliphatic carbocycles. The summed E-state index contributed by atoms with van der Waals surface area (Å²) >= 11 is 0. The van der Waals surface area contributed by atoms with Gasteiger partial charge in [-0.2, -0.15) is 0 Å². The van der Waals surface area contributed by atoms with Crippen molar-refractivity contribution in [3.63, 3.8) is 0 Å². The van der Waals surface area contributed by atoms with E-state index >= 15 is 0 Å². The first kappa shape index (κ1) is 55.9. The first-order valence-corrected chi connectivity index (χ1v) is 23.7. The molecule has 0 saturated carbocycles. The summed E-state index contributed by atoms with van der Waals surface area (Å²) in [5.74, 6) is -1.40. The van der Waals surface area contributed by atoms with Crippen molar-refractivity contribution >= 4 is 41.6 Å². The van der Waals surface area contributed by atoms with Crippen LogP contribution in [0.3, 0.4) is 0 Å². The third-order valence-corrected chi connectivity index (χ3v) is 14.9. The van der Waals surface area contributed by atoms with Gasteiger partial charge in [-0.25, -0.2) is 14.4 Å². The molecule has 1 amide bonds. The van der Waals surface area contributed by atoms with Crippen molar-refractivity contribution < 1.29 is 74.9 Å². The summed E-state index contributed by atoms with van der Waals surface area (Å²) in [5.41, 5.74) is 0. The maximum absolute atomic E-state index is 12.1. The normalized spacial score (nSPS) is 13.7. The van der Waals surface area contributed by atoms with Crippen molar-refractivity contribution in [2.45, 2.75) is 129 Å². The lowest BCUT2D eigenvalue weighted by atomic mass is 10.0. The summed E-state index contributed by atoms with van der Waals surface area (Å²) in [6.07, 6.45) is 6.47. The Labute approximate surface area is 337 Å². The molecule has 19 heteroatoms. The smallest absolute Gasteiger partial charge is 0.463 e. The molecule has 3 N–H and O–H groups in total. The van der Waals surface area contributed by atoms with Crippen molar-refractivity contribution in [1.82, 2.24) is 5.32 Å². The summed E-state index contributed by atoms with van der Waals surface area (Å²) in [4.78, 5) is 47.5. The van der Waals surface area contributed by atoms with Gasteiger partial charge in [0.25, 0.3) is 0 Å². The number of ether oxygens (including phenoxy) is 4. The molecule has 0 aromatic carbocycles. The molecule has 0 saturated heterocycles. The second kappa shape index (κ2) is 34.8. The fraction of sp³-hybridized carbons (Fsp3) is 0.892. The highest BCUT2D eigenvalue weighted by Crippen LogP contribution is 2.18. The topological polar surface area (TPSA) is 213 Å². The van der Waals surface area contributed by atoms with E-state index in [9.17, 15) is 29.4 Å². The monoisotopic (exact) mass is 845 g/mol. The van der Waals surface area contributed by atoms with Crippen molar-refractivity contribution in [2.24, 2.45) is 11.8 Å². The van der Waals surface area contributed by atoms with Crippen LogP contribution < -0.4 is 5.32 Å². The van der Waals surface area contributed by atoms with Crippen LogP contribution in [0, 0.1) is 11.8 Å². The first-order chi connectivity index (χ1) is 26.8. The van der Waals surface area contributed by atoms with Gasteiger partial charge in [0.2, 0.25) is 6.10 Å². The molecule has 0 rings (SSSR count). The van der Waals surface area contributed by atoms with E-state index in [1.54, 1.807) is 21.3 Å². The zero-order valence-electron chi connectivity index (χ0n) is 35.9. The number of amides is 1. The van der Waals surface area contributed by atoms with Gasteiger partial charge < -0.3 is 61.0 Å². The van der Waals surface area contributed by atoms with E-state index in [2.05, 4.69) is 19.2 Å². The van der Waals surface area contributed by atoms with Crippen LogP contribution in [-0.4, -0.2) is 140 Å². The van der Waals surface area contributed by atoms with Crippen molar-refractivity contribution in [3.8, 4) is 0 Å². The van der Waals surface area contributed by atoms with Crippen molar-refractivity contribution in [3.05, 3.63) is 0 Å². The zero-order chi connectivity index (χ0) is 42.8. The zero-order valence-corrected chi connectivity index (χ0v) is 37.9. The minimum Gasteiger partial charge on any atom is -0.463 e. The number of hydrogen-bond acceptors (Lipinski definition) is 16. The van der Waals surface area contributed by atoms with Crippen LogP contribution in [0.15, 0.2) is 0 Å². The predicted molar refractivity (Wildman–Crippen MR) is 212 cm³/mol. The van der Waals surface area contributed by atoms with E-state index in [1.807, 2.05) is 13.8 Å². The van der Waals surface area contributed by atoms with Crippen LogP contribution in [0.2, 0.25) is 12.1 Å². The average molecular weight is 846 g/mol. The maximum atomic E-state index is 12.1. The van der Waals surface area contributed by atoms with E-state index in [-0.39, 0.29) is 32.1 Å². The quantitative estimate of drug-likeness (QED) is 0.0350. The molecule has 4 atom stereocenters. The van der Waals surface area contributed by atoms with E-state index in [0.29, 0.717) is 37.3 Å². The molecule has 0 bridgehead atoms. The molecule has 0 aliphatic rings. The molecule has 0 aromatic heterocycles. The van der Waals surface area contributed by atoms with Gasteiger partial charge in [-0.05, 0) is 43.9 Å². The molecule has 0 aliphatic heterocycles. The number of aliphatic hydroxyl groups excluding tert-OH is 2. The number of aliphatic hydroxyl groups is 2. The fourth-order valence-electron chi connectivity index (χ4n) is 5.25. The lowest BCUT2D eigenvalue weighted by Gasteiger charge is -2.24. The van der Waals surface area contributed by atoms with Crippen LogP contribution in [0.5, 0.6) is 0 Å². The summed E-state index contributed by atoms with van der Waals surface area (Å²) in [6, 6.07) is 1.10.